The van der Waals surface area contributed by atoms with Crippen LogP contribution in [-0.2, 0) is 11.2 Å². The minimum atomic E-state index is -0.0331. The van der Waals surface area contributed by atoms with Crippen LogP contribution in [0.25, 0.3) is 11.0 Å². The van der Waals surface area contributed by atoms with E-state index in [1.54, 1.807) is 11.1 Å². The second-order valence-electron chi connectivity index (χ2n) is 5.63. The standard InChI is InChI=1S/C17H14BrN3O3/c18-13-5-3-7-19-17(13)23-11-9-21(10-11)16(22)8-14-12-4-1-2-6-15(12)24-20-14/h1-7,11H,8-10H2. The molecule has 122 valence electrons. The van der Waals surface area contributed by atoms with Gasteiger partial charge >= 0.3 is 0 Å². The first-order valence-electron chi connectivity index (χ1n) is 7.59. The molecule has 24 heavy (non-hydrogen) atoms. The van der Waals surface area contributed by atoms with Crippen LogP contribution >= 0.6 is 15.9 Å². The summed E-state index contributed by atoms with van der Waals surface area (Å²) in [5.41, 5.74) is 1.37. The smallest absolute Gasteiger partial charge is 0.229 e. The van der Waals surface area contributed by atoms with Gasteiger partial charge in [0.1, 0.15) is 11.8 Å². The SMILES string of the molecule is O=C(Cc1noc2ccccc12)N1CC(Oc2ncccc2Br)C1. The molecule has 1 aromatic carbocycles. The highest BCUT2D eigenvalue weighted by molar-refractivity contribution is 9.10. The van der Waals surface area contributed by atoms with Gasteiger partial charge in [-0.25, -0.2) is 4.98 Å². The summed E-state index contributed by atoms with van der Waals surface area (Å²) >= 11 is 3.40. The van der Waals surface area contributed by atoms with Crippen LogP contribution in [0, 0.1) is 0 Å². The van der Waals surface area contributed by atoms with E-state index in [-0.39, 0.29) is 18.4 Å². The van der Waals surface area contributed by atoms with Crippen LogP contribution in [0.15, 0.2) is 51.6 Å². The molecule has 3 aromatic rings. The van der Waals surface area contributed by atoms with E-state index < -0.39 is 0 Å². The number of ether oxygens (including phenoxy) is 1. The second kappa shape index (κ2) is 6.24. The van der Waals surface area contributed by atoms with E-state index in [4.69, 9.17) is 9.26 Å². The Kier molecular flexibility index (Phi) is 3.93. The number of halogens is 1. The zero-order chi connectivity index (χ0) is 16.5. The second-order valence-corrected chi connectivity index (χ2v) is 6.49. The van der Waals surface area contributed by atoms with Crippen LogP contribution in [0.5, 0.6) is 5.88 Å². The minimum Gasteiger partial charge on any atom is -0.470 e. The fraction of sp³-hybridized carbons (Fsp3) is 0.235. The number of nitrogens with zero attached hydrogens (tertiary/aromatic N) is 3. The third-order valence-corrected chi connectivity index (χ3v) is 4.58. The van der Waals surface area contributed by atoms with E-state index in [0.717, 1.165) is 9.86 Å². The highest BCUT2D eigenvalue weighted by Gasteiger charge is 2.33. The Bertz CT molecular complexity index is 889. The lowest BCUT2D eigenvalue weighted by atomic mass is 10.1. The number of carbonyl (C=O) groups excluding carboxylic acids is 1. The van der Waals surface area contributed by atoms with Crippen molar-refractivity contribution in [3.8, 4) is 5.88 Å². The normalized spacial score (nSPS) is 14.6. The molecule has 1 fully saturated rings. The number of rotatable bonds is 4. The van der Waals surface area contributed by atoms with Gasteiger partial charge in [-0.1, -0.05) is 17.3 Å². The minimum absolute atomic E-state index is 0.0222. The van der Waals surface area contributed by atoms with Crippen molar-refractivity contribution in [1.82, 2.24) is 15.0 Å². The summed E-state index contributed by atoms with van der Waals surface area (Å²) in [6.45, 7) is 1.11. The predicted molar refractivity (Wildman–Crippen MR) is 90.6 cm³/mol. The molecular formula is C17H14BrN3O3. The number of hydrogen-bond acceptors (Lipinski definition) is 5. The van der Waals surface area contributed by atoms with Gasteiger partial charge in [-0.05, 0) is 40.2 Å². The molecule has 0 bridgehead atoms. The van der Waals surface area contributed by atoms with Crippen LogP contribution in [0.2, 0.25) is 0 Å². The summed E-state index contributed by atoms with van der Waals surface area (Å²) < 4.78 is 11.8. The van der Waals surface area contributed by atoms with Crippen LogP contribution in [0.3, 0.4) is 0 Å². The van der Waals surface area contributed by atoms with Gasteiger partial charge in [0.2, 0.25) is 11.8 Å². The topological polar surface area (TPSA) is 68.5 Å². The van der Waals surface area contributed by atoms with Crippen molar-refractivity contribution in [2.24, 2.45) is 0 Å². The lowest BCUT2D eigenvalue weighted by molar-refractivity contribution is -0.139. The van der Waals surface area contributed by atoms with Gasteiger partial charge in [0.15, 0.2) is 5.58 Å². The maximum atomic E-state index is 12.4. The van der Waals surface area contributed by atoms with E-state index >= 15 is 0 Å². The summed E-state index contributed by atoms with van der Waals surface area (Å²) in [6.07, 6.45) is 1.88. The van der Waals surface area contributed by atoms with Gasteiger partial charge in [0, 0.05) is 11.6 Å². The van der Waals surface area contributed by atoms with E-state index in [1.807, 2.05) is 36.4 Å². The van der Waals surface area contributed by atoms with Crippen molar-refractivity contribution in [2.45, 2.75) is 12.5 Å². The van der Waals surface area contributed by atoms with Crippen LogP contribution < -0.4 is 4.74 Å². The Morgan fingerprint density at radius 2 is 2.12 bits per heavy atom. The van der Waals surface area contributed by atoms with Gasteiger partial charge < -0.3 is 14.2 Å². The van der Waals surface area contributed by atoms with E-state index in [0.29, 0.717) is 30.2 Å². The summed E-state index contributed by atoms with van der Waals surface area (Å²) in [4.78, 5) is 18.3. The summed E-state index contributed by atoms with van der Waals surface area (Å²) in [5.74, 6) is 0.575. The first kappa shape index (κ1) is 15.1. The fourth-order valence-electron chi connectivity index (χ4n) is 2.65. The van der Waals surface area contributed by atoms with Crippen molar-refractivity contribution in [3.63, 3.8) is 0 Å². The highest BCUT2D eigenvalue weighted by Crippen LogP contribution is 2.25. The Hall–Kier alpha value is -2.41. The molecule has 1 aliphatic heterocycles. The van der Waals surface area contributed by atoms with Gasteiger partial charge in [0.05, 0.1) is 24.0 Å². The van der Waals surface area contributed by atoms with Crippen molar-refractivity contribution in [1.29, 1.82) is 0 Å². The van der Waals surface area contributed by atoms with Crippen LogP contribution in [0.1, 0.15) is 5.69 Å². The first-order chi connectivity index (χ1) is 11.7. The fourth-order valence-corrected chi connectivity index (χ4v) is 3.00. The van der Waals surface area contributed by atoms with Crippen molar-refractivity contribution in [3.05, 3.63) is 52.8 Å². The number of para-hydroxylation sites is 1. The summed E-state index contributed by atoms with van der Waals surface area (Å²) in [7, 11) is 0. The Labute approximate surface area is 146 Å². The summed E-state index contributed by atoms with van der Waals surface area (Å²) in [5, 5.41) is 4.89. The zero-order valence-electron chi connectivity index (χ0n) is 12.7. The molecule has 7 heteroatoms. The molecule has 0 aliphatic carbocycles. The third-order valence-electron chi connectivity index (χ3n) is 3.97. The number of benzene rings is 1. The van der Waals surface area contributed by atoms with E-state index in [2.05, 4.69) is 26.1 Å². The number of likely N-dealkylation sites (tertiary alicyclic amines) is 1. The number of fused-ring (bicyclic) bond motifs is 1. The molecule has 1 aliphatic rings. The van der Waals surface area contributed by atoms with Crippen LogP contribution in [-0.4, -0.2) is 40.1 Å². The molecule has 6 nitrogen and oxygen atoms in total. The molecule has 2 aromatic heterocycles. The molecule has 1 amide bonds. The zero-order valence-corrected chi connectivity index (χ0v) is 14.3. The quantitative estimate of drug-likeness (QED) is 0.688. The molecular weight excluding hydrogens is 374 g/mol. The number of carbonyl (C=O) groups is 1. The molecule has 0 spiro atoms. The largest absolute Gasteiger partial charge is 0.470 e. The third kappa shape index (κ3) is 2.87. The molecule has 0 N–H and O–H groups in total. The molecule has 0 atom stereocenters. The van der Waals surface area contributed by atoms with E-state index in [9.17, 15) is 4.79 Å². The molecule has 4 rings (SSSR count). The lowest BCUT2D eigenvalue weighted by Crippen LogP contribution is -2.56. The van der Waals surface area contributed by atoms with Gasteiger partial charge in [-0.2, -0.15) is 0 Å². The van der Waals surface area contributed by atoms with Crippen molar-refractivity contribution in [2.75, 3.05) is 13.1 Å². The number of amides is 1. The van der Waals surface area contributed by atoms with Crippen LogP contribution in [0.4, 0.5) is 0 Å². The molecule has 3 heterocycles. The summed E-state index contributed by atoms with van der Waals surface area (Å²) in [6, 6.07) is 11.2. The molecule has 1 saturated heterocycles. The maximum Gasteiger partial charge on any atom is 0.229 e. The Morgan fingerprint density at radius 1 is 1.29 bits per heavy atom. The molecule has 0 unspecified atom stereocenters. The average Bonchev–Trinajstić information content (AvgIpc) is 2.95. The number of aromatic nitrogens is 2. The number of hydrogen-bond donors (Lipinski definition) is 0. The molecule has 0 saturated carbocycles. The van der Waals surface area contributed by atoms with Gasteiger partial charge in [-0.15, -0.1) is 0 Å². The van der Waals surface area contributed by atoms with Gasteiger partial charge in [0.25, 0.3) is 0 Å². The Balaban J connectivity index is 1.35. The van der Waals surface area contributed by atoms with Gasteiger partial charge in [-0.3, -0.25) is 4.79 Å². The monoisotopic (exact) mass is 387 g/mol. The first-order valence-corrected chi connectivity index (χ1v) is 8.38. The number of pyridine rings is 1. The average molecular weight is 388 g/mol. The van der Waals surface area contributed by atoms with Crippen molar-refractivity contribution < 1.29 is 14.1 Å². The highest BCUT2D eigenvalue weighted by atomic mass is 79.9. The maximum absolute atomic E-state index is 12.4. The van der Waals surface area contributed by atoms with E-state index in [1.165, 1.54) is 0 Å². The van der Waals surface area contributed by atoms with Crippen molar-refractivity contribution >= 4 is 32.8 Å². The molecule has 0 radical (unpaired) electrons. The predicted octanol–water partition coefficient (Wildman–Crippen LogP) is 2.82. The Morgan fingerprint density at radius 3 is 2.96 bits per heavy atom. The lowest BCUT2D eigenvalue weighted by Gasteiger charge is -2.38.